The summed E-state index contributed by atoms with van der Waals surface area (Å²) in [5, 5.41) is 1.96. The second kappa shape index (κ2) is 9.14. The summed E-state index contributed by atoms with van der Waals surface area (Å²) in [5.41, 5.74) is 0.516. The van der Waals surface area contributed by atoms with E-state index < -0.39 is 11.2 Å². The number of nitrogens with zero attached hydrogens (tertiary/aromatic N) is 6. The maximum absolute atomic E-state index is 13.5. The molecule has 1 fully saturated rings. The fourth-order valence-electron chi connectivity index (χ4n) is 4.43. The maximum Gasteiger partial charge on any atom is 0.332 e. The van der Waals surface area contributed by atoms with Gasteiger partial charge in [0.2, 0.25) is 11.9 Å². The Morgan fingerprint density at radius 3 is 2.40 bits per heavy atom. The molecule has 4 aromatic rings. The van der Waals surface area contributed by atoms with Gasteiger partial charge in [-0.3, -0.25) is 23.3 Å². The van der Waals surface area contributed by atoms with E-state index in [0.29, 0.717) is 49.7 Å². The third kappa shape index (κ3) is 4.27. The summed E-state index contributed by atoms with van der Waals surface area (Å²) >= 11 is 1.57. The summed E-state index contributed by atoms with van der Waals surface area (Å²) in [6, 6.07) is 9.98. The van der Waals surface area contributed by atoms with E-state index in [-0.39, 0.29) is 18.3 Å². The van der Waals surface area contributed by atoms with E-state index in [0.717, 1.165) is 15.0 Å². The number of hydrogen-bond acceptors (Lipinski definition) is 6. The van der Waals surface area contributed by atoms with Crippen molar-refractivity contribution in [3.05, 3.63) is 78.9 Å². The van der Waals surface area contributed by atoms with Gasteiger partial charge in [0.1, 0.15) is 5.82 Å². The number of aromatic nitrogens is 4. The van der Waals surface area contributed by atoms with Gasteiger partial charge in [-0.25, -0.2) is 9.18 Å². The Morgan fingerprint density at radius 1 is 1.03 bits per heavy atom. The van der Waals surface area contributed by atoms with Crippen LogP contribution in [0.4, 0.5) is 10.3 Å². The Bertz CT molecular complexity index is 1500. The molecular weight excluding hydrogens is 471 g/mol. The lowest BCUT2D eigenvalue weighted by Crippen LogP contribution is -2.50. The largest absolute Gasteiger partial charge is 0.339 e. The molecule has 0 bridgehead atoms. The molecule has 0 N–H and O–H groups in total. The molecule has 0 aliphatic carbocycles. The molecular formula is C24H25FN6O3S. The van der Waals surface area contributed by atoms with Crippen molar-refractivity contribution in [1.82, 2.24) is 23.6 Å². The second-order valence-electron chi connectivity index (χ2n) is 8.63. The zero-order valence-electron chi connectivity index (χ0n) is 19.5. The van der Waals surface area contributed by atoms with Gasteiger partial charge in [0.05, 0.1) is 13.0 Å². The molecule has 0 unspecified atom stereocenters. The Balaban J connectivity index is 1.48. The van der Waals surface area contributed by atoms with Gasteiger partial charge < -0.3 is 9.80 Å². The molecule has 5 rings (SSSR count). The van der Waals surface area contributed by atoms with Crippen LogP contribution in [0.5, 0.6) is 0 Å². The molecule has 1 aliphatic rings. The van der Waals surface area contributed by atoms with Crippen molar-refractivity contribution in [3.63, 3.8) is 0 Å². The number of thiophene rings is 1. The average Bonchev–Trinajstić information content (AvgIpc) is 3.51. The zero-order chi connectivity index (χ0) is 24.7. The highest BCUT2D eigenvalue weighted by Crippen LogP contribution is 2.23. The second-order valence-corrected chi connectivity index (χ2v) is 9.66. The number of aryl methyl sites for hydroxylation is 1. The normalized spacial score (nSPS) is 14.1. The number of rotatable bonds is 5. The van der Waals surface area contributed by atoms with Crippen LogP contribution in [0, 0.1) is 5.82 Å². The van der Waals surface area contributed by atoms with Crippen molar-refractivity contribution >= 4 is 34.4 Å². The number of fused-ring (bicyclic) bond motifs is 1. The summed E-state index contributed by atoms with van der Waals surface area (Å²) < 4.78 is 17.7. The number of hydrogen-bond donors (Lipinski definition) is 0. The lowest BCUT2D eigenvalue weighted by Gasteiger charge is -2.35. The number of halogens is 1. The molecule has 1 amide bonds. The van der Waals surface area contributed by atoms with E-state index in [2.05, 4.69) is 0 Å². The number of anilines is 1. The lowest BCUT2D eigenvalue weighted by atomic mass is 10.2. The molecule has 9 nitrogen and oxygen atoms in total. The van der Waals surface area contributed by atoms with Crippen LogP contribution in [-0.4, -0.2) is 55.7 Å². The lowest BCUT2D eigenvalue weighted by molar-refractivity contribution is -0.130. The first-order valence-corrected chi connectivity index (χ1v) is 12.2. The van der Waals surface area contributed by atoms with E-state index >= 15 is 0 Å². The van der Waals surface area contributed by atoms with Crippen LogP contribution < -0.4 is 16.1 Å². The predicted molar refractivity (Wildman–Crippen MR) is 133 cm³/mol. The first-order valence-electron chi connectivity index (χ1n) is 11.3. The van der Waals surface area contributed by atoms with Crippen molar-refractivity contribution < 1.29 is 9.18 Å². The van der Waals surface area contributed by atoms with Crippen LogP contribution in [0.25, 0.3) is 11.2 Å². The number of piperazine rings is 1. The van der Waals surface area contributed by atoms with Crippen molar-refractivity contribution in [1.29, 1.82) is 0 Å². The number of imidazole rings is 1. The Morgan fingerprint density at radius 2 is 1.74 bits per heavy atom. The van der Waals surface area contributed by atoms with Crippen LogP contribution in [0.1, 0.15) is 10.4 Å². The predicted octanol–water partition coefficient (Wildman–Crippen LogP) is 1.57. The Kier molecular flexibility index (Phi) is 6.01. The summed E-state index contributed by atoms with van der Waals surface area (Å²) in [4.78, 5) is 48.0. The van der Waals surface area contributed by atoms with Gasteiger partial charge in [-0.15, -0.1) is 11.3 Å². The van der Waals surface area contributed by atoms with E-state index in [1.54, 1.807) is 35.1 Å². The molecule has 35 heavy (non-hydrogen) atoms. The van der Waals surface area contributed by atoms with Crippen LogP contribution in [0.2, 0.25) is 0 Å². The summed E-state index contributed by atoms with van der Waals surface area (Å²) in [6.07, 6.45) is 0.388. The van der Waals surface area contributed by atoms with Crippen LogP contribution in [0.15, 0.2) is 51.4 Å². The molecule has 0 atom stereocenters. The van der Waals surface area contributed by atoms with E-state index in [4.69, 9.17) is 4.98 Å². The standard InChI is InChI=1S/C24H25FN6O3S/c1-27-21-20(22(33)28(2)24(27)34)31(15-16-5-7-17(25)8-6-16)23(26-21)30-11-9-29(10-12-30)19(32)14-18-4-3-13-35-18/h3-8,13H,9-12,14-15H2,1-2H3. The summed E-state index contributed by atoms with van der Waals surface area (Å²) in [7, 11) is 3.03. The van der Waals surface area contributed by atoms with E-state index in [9.17, 15) is 18.8 Å². The molecule has 3 aromatic heterocycles. The monoisotopic (exact) mass is 496 g/mol. The van der Waals surface area contributed by atoms with Crippen LogP contribution in [-0.2, 0) is 31.9 Å². The fourth-order valence-corrected chi connectivity index (χ4v) is 5.12. The van der Waals surface area contributed by atoms with Crippen LogP contribution >= 0.6 is 11.3 Å². The number of carbonyl (C=O) groups excluding carboxylic acids is 1. The average molecular weight is 497 g/mol. The van der Waals surface area contributed by atoms with Crippen LogP contribution in [0.3, 0.4) is 0 Å². The Hall–Kier alpha value is -3.73. The number of amides is 1. The van der Waals surface area contributed by atoms with Gasteiger partial charge >= 0.3 is 5.69 Å². The minimum Gasteiger partial charge on any atom is -0.339 e. The molecule has 1 aliphatic heterocycles. The smallest absolute Gasteiger partial charge is 0.332 e. The maximum atomic E-state index is 13.5. The molecule has 4 heterocycles. The third-order valence-electron chi connectivity index (χ3n) is 6.40. The highest BCUT2D eigenvalue weighted by atomic mass is 32.1. The molecule has 0 spiro atoms. The molecule has 1 saturated heterocycles. The third-order valence-corrected chi connectivity index (χ3v) is 7.28. The minimum absolute atomic E-state index is 0.0863. The van der Waals surface area contributed by atoms with Crippen molar-refractivity contribution in [2.24, 2.45) is 14.1 Å². The number of carbonyl (C=O) groups is 1. The van der Waals surface area contributed by atoms with Crippen molar-refractivity contribution in [3.8, 4) is 0 Å². The van der Waals surface area contributed by atoms with Gasteiger partial charge in [0.25, 0.3) is 5.56 Å². The van der Waals surface area contributed by atoms with Gasteiger partial charge in [-0.05, 0) is 29.1 Å². The first kappa shape index (κ1) is 23.0. The van der Waals surface area contributed by atoms with E-state index in [1.165, 1.54) is 23.7 Å². The summed E-state index contributed by atoms with van der Waals surface area (Å²) in [5.74, 6) is 0.294. The summed E-state index contributed by atoms with van der Waals surface area (Å²) in [6.45, 7) is 2.42. The van der Waals surface area contributed by atoms with Gasteiger partial charge in [-0.1, -0.05) is 18.2 Å². The highest BCUT2D eigenvalue weighted by Gasteiger charge is 2.27. The SMILES string of the molecule is Cn1c(=O)c2c(nc(N3CCN(C(=O)Cc4cccs4)CC3)n2Cc2ccc(F)cc2)n(C)c1=O. The minimum atomic E-state index is -0.454. The van der Waals surface area contributed by atoms with Crippen molar-refractivity contribution in [2.45, 2.75) is 13.0 Å². The van der Waals surface area contributed by atoms with Crippen molar-refractivity contribution in [2.75, 3.05) is 31.1 Å². The fraction of sp³-hybridized carbons (Fsp3) is 0.333. The first-order chi connectivity index (χ1) is 16.8. The van der Waals surface area contributed by atoms with Gasteiger partial charge in [0.15, 0.2) is 11.2 Å². The van der Waals surface area contributed by atoms with Gasteiger partial charge in [0, 0.05) is 45.2 Å². The Labute approximate surface area is 204 Å². The molecule has 11 heteroatoms. The topological polar surface area (TPSA) is 85.4 Å². The number of benzene rings is 1. The zero-order valence-corrected chi connectivity index (χ0v) is 20.3. The van der Waals surface area contributed by atoms with E-state index in [1.807, 2.05) is 27.3 Å². The molecule has 182 valence electrons. The highest BCUT2D eigenvalue weighted by molar-refractivity contribution is 7.10. The molecule has 1 aromatic carbocycles. The van der Waals surface area contributed by atoms with Gasteiger partial charge in [-0.2, -0.15) is 4.98 Å². The quantitative estimate of drug-likeness (QED) is 0.419. The molecule has 0 radical (unpaired) electrons. The molecule has 0 saturated carbocycles.